The van der Waals surface area contributed by atoms with Crippen molar-refractivity contribution in [2.24, 2.45) is 0 Å². The fraction of sp³-hybridized carbons (Fsp3) is 0.500. The number of carbonyl (C=O) groups excluding carboxylic acids is 1. The van der Waals surface area contributed by atoms with Crippen LogP contribution in [0.1, 0.15) is 133 Å². The number of nitrogens with one attached hydrogen (secondary N) is 2. The summed E-state index contributed by atoms with van der Waals surface area (Å²) in [5, 5.41) is 13.1. The number of carbonyl (C=O) groups is 1. The first-order valence-corrected chi connectivity index (χ1v) is 20.4. The molecule has 2 saturated carbocycles. The van der Waals surface area contributed by atoms with E-state index in [1.165, 1.54) is 56.3 Å². The van der Waals surface area contributed by atoms with Gasteiger partial charge in [-0.15, -0.1) is 0 Å². The molecule has 268 valence electrons. The van der Waals surface area contributed by atoms with Crippen molar-refractivity contribution < 1.29 is 13.2 Å². The Labute approximate surface area is 299 Å². The van der Waals surface area contributed by atoms with Crippen molar-refractivity contribution in [3.63, 3.8) is 0 Å². The van der Waals surface area contributed by atoms with Crippen LogP contribution in [0.5, 0.6) is 0 Å². The largest absolute Gasteiger partial charge is 0.330 e. The van der Waals surface area contributed by atoms with Crippen LogP contribution in [0.4, 0.5) is 5.69 Å². The molecule has 2 aliphatic heterocycles. The second-order valence-electron chi connectivity index (χ2n) is 14.8. The third-order valence-corrected chi connectivity index (χ3v) is 11.1. The molecule has 4 aromatic heterocycles. The van der Waals surface area contributed by atoms with Crippen LogP contribution in [0.2, 0.25) is 0 Å². The summed E-state index contributed by atoms with van der Waals surface area (Å²) in [5.41, 5.74) is 9.09. The molecular weight excluding hydrogens is 663 g/mol. The van der Waals surface area contributed by atoms with Crippen LogP contribution < -0.4 is 10.0 Å². The highest BCUT2D eigenvalue weighted by Crippen LogP contribution is 2.41. The van der Waals surface area contributed by atoms with Gasteiger partial charge in [0.05, 0.1) is 41.0 Å². The molecule has 1 aromatic carbocycles. The van der Waals surface area contributed by atoms with E-state index in [9.17, 15) is 13.2 Å². The van der Waals surface area contributed by atoms with E-state index in [1.54, 1.807) is 24.3 Å². The van der Waals surface area contributed by atoms with E-state index in [4.69, 9.17) is 20.2 Å². The second kappa shape index (κ2) is 13.6. The predicted octanol–water partition coefficient (Wildman–Crippen LogP) is 6.38. The summed E-state index contributed by atoms with van der Waals surface area (Å²) in [7, 11) is -3.50. The lowest BCUT2D eigenvalue weighted by molar-refractivity contribution is 0.0607. The zero-order valence-corrected chi connectivity index (χ0v) is 30.5. The molecule has 4 aliphatic rings. The van der Waals surface area contributed by atoms with Crippen LogP contribution in [-0.2, 0) is 10.0 Å². The SMILES string of the molecule is Cc1cc(C2CC2)nc2cc([C@@H]3CCCCN3)nn12.Cc1cc(C2CC2)nc2cc([C@@H]3CCCCN3C(=O)c3ccccc3NS(C)(=O)=O)nn12. The van der Waals surface area contributed by atoms with E-state index in [-0.39, 0.29) is 11.9 Å². The number of aromatic nitrogens is 6. The molecule has 51 heavy (non-hydrogen) atoms. The maximum atomic E-state index is 13.6. The van der Waals surface area contributed by atoms with E-state index in [0.29, 0.717) is 35.7 Å². The van der Waals surface area contributed by atoms with Crippen molar-refractivity contribution in [3.8, 4) is 0 Å². The van der Waals surface area contributed by atoms with Gasteiger partial charge < -0.3 is 10.2 Å². The molecule has 1 amide bonds. The molecule has 2 atom stereocenters. The number of likely N-dealkylation sites (tertiary alicyclic amines) is 1. The monoisotopic (exact) mass is 709 g/mol. The molecule has 5 aromatic rings. The fourth-order valence-corrected chi connectivity index (χ4v) is 8.12. The highest BCUT2D eigenvalue weighted by atomic mass is 32.2. The Morgan fingerprint density at radius 2 is 1.37 bits per heavy atom. The maximum absolute atomic E-state index is 13.6. The van der Waals surface area contributed by atoms with Gasteiger partial charge in [0.2, 0.25) is 10.0 Å². The molecule has 13 heteroatoms. The van der Waals surface area contributed by atoms with E-state index >= 15 is 0 Å². The van der Waals surface area contributed by atoms with Crippen molar-refractivity contribution in [3.05, 3.63) is 88.3 Å². The summed E-state index contributed by atoms with van der Waals surface area (Å²) < 4.78 is 29.9. The molecule has 4 fully saturated rings. The van der Waals surface area contributed by atoms with Crippen molar-refractivity contribution in [1.82, 2.24) is 39.4 Å². The summed E-state index contributed by atoms with van der Waals surface area (Å²) >= 11 is 0. The van der Waals surface area contributed by atoms with Crippen LogP contribution >= 0.6 is 0 Å². The standard InChI is InChI=1S/C23H27N5O3S.C15H20N4/c1-15-13-19(16-10-11-16)24-22-14-20(25-28(15)22)21-9-5-6-12-27(21)23(29)17-7-3-4-8-18(17)26-32(2,30)31;1-10-8-13(11-5-6-11)17-15-9-14(18-19(10)15)12-4-2-3-7-16-12/h3-4,7-8,13-14,16,21,26H,5-6,9-12H2,1-2H3;8-9,11-12,16H,2-7H2,1H3/t21-;12-/m00/s1. The number of hydrogen-bond donors (Lipinski definition) is 2. The number of rotatable bonds is 7. The highest BCUT2D eigenvalue weighted by Gasteiger charge is 2.33. The number of benzene rings is 1. The summed E-state index contributed by atoms with van der Waals surface area (Å²) in [6.07, 6.45) is 12.6. The number of hydrogen-bond acceptors (Lipinski definition) is 8. The Morgan fingerprint density at radius 1 is 0.765 bits per heavy atom. The Kier molecular flexibility index (Phi) is 9.03. The van der Waals surface area contributed by atoms with Gasteiger partial charge in [-0.1, -0.05) is 18.6 Å². The van der Waals surface area contributed by atoms with Crippen LogP contribution in [0.3, 0.4) is 0 Å². The summed E-state index contributed by atoms with van der Waals surface area (Å²) in [6.45, 7) is 5.88. The van der Waals surface area contributed by atoms with E-state index in [2.05, 4.69) is 35.2 Å². The van der Waals surface area contributed by atoms with Gasteiger partial charge in [0.1, 0.15) is 0 Å². The molecular formula is C38H47N9O3S. The Balaban J connectivity index is 0.000000166. The average Bonchev–Trinajstić information content (AvgIpc) is 4.06. The molecule has 0 bridgehead atoms. The lowest BCUT2D eigenvalue weighted by Crippen LogP contribution is -2.39. The van der Waals surface area contributed by atoms with Gasteiger partial charge in [0.25, 0.3) is 5.91 Å². The Bertz CT molecular complexity index is 2200. The maximum Gasteiger partial charge on any atom is 0.256 e. The van der Waals surface area contributed by atoms with Crippen LogP contribution in [0, 0.1) is 13.8 Å². The molecule has 2 aliphatic carbocycles. The zero-order chi connectivity index (χ0) is 35.3. The second-order valence-corrected chi connectivity index (χ2v) is 16.6. The number of nitrogens with zero attached hydrogens (tertiary/aromatic N) is 7. The molecule has 6 heterocycles. The van der Waals surface area contributed by atoms with Gasteiger partial charge >= 0.3 is 0 Å². The molecule has 2 saturated heterocycles. The molecule has 12 nitrogen and oxygen atoms in total. The van der Waals surface area contributed by atoms with Gasteiger partial charge in [-0.3, -0.25) is 9.52 Å². The van der Waals surface area contributed by atoms with Gasteiger partial charge in [-0.05, 0) is 102 Å². The van der Waals surface area contributed by atoms with Crippen molar-refractivity contribution in [2.75, 3.05) is 24.1 Å². The van der Waals surface area contributed by atoms with Gasteiger partial charge in [0, 0.05) is 53.3 Å². The minimum Gasteiger partial charge on any atom is -0.330 e. The van der Waals surface area contributed by atoms with E-state index in [1.807, 2.05) is 26.9 Å². The number of fused-ring (bicyclic) bond motifs is 2. The molecule has 0 spiro atoms. The third-order valence-electron chi connectivity index (χ3n) is 10.5. The molecule has 2 N–H and O–H groups in total. The number of piperidine rings is 2. The first-order chi connectivity index (χ1) is 24.6. The normalized spacial score (nSPS) is 21.0. The third kappa shape index (κ3) is 7.36. The molecule has 0 unspecified atom stereocenters. The van der Waals surface area contributed by atoms with Gasteiger partial charge in [-0.2, -0.15) is 10.2 Å². The van der Waals surface area contributed by atoms with E-state index < -0.39 is 10.0 Å². The topological polar surface area (TPSA) is 139 Å². The number of anilines is 1. The minimum absolute atomic E-state index is 0.173. The Morgan fingerprint density at radius 3 is 1.98 bits per heavy atom. The highest BCUT2D eigenvalue weighted by molar-refractivity contribution is 7.92. The summed E-state index contributed by atoms with van der Waals surface area (Å²) in [4.78, 5) is 25.0. The lowest BCUT2D eigenvalue weighted by atomic mass is 9.98. The van der Waals surface area contributed by atoms with Gasteiger partial charge in [-0.25, -0.2) is 27.4 Å². The molecule has 0 radical (unpaired) electrons. The molecule has 9 rings (SSSR count). The van der Waals surface area contributed by atoms with Crippen LogP contribution in [-0.4, -0.2) is 67.8 Å². The summed E-state index contributed by atoms with van der Waals surface area (Å²) in [6, 6.07) is 15.5. The van der Waals surface area contributed by atoms with Crippen molar-refractivity contribution in [2.45, 2.75) is 102 Å². The van der Waals surface area contributed by atoms with Crippen LogP contribution in [0.25, 0.3) is 11.3 Å². The van der Waals surface area contributed by atoms with Gasteiger partial charge in [0.15, 0.2) is 11.3 Å². The average molecular weight is 710 g/mol. The van der Waals surface area contributed by atoms with E-state index in [0.717, 1.165) is 66.1 Å². The quantitative estimate of drug-likeness (QED) is 0.199. The number of aryl methyl sites for hydroxylation is 2. The predicted molar refractivity (Wildman–Crippen MR) is 197 cm³/mol. The number of sulfonamides is 1. The smallest absolute Gasteiger partial charge is 0.256 e. The fourth-order valence-electron chi connectivity index (χ4n) is 7.54. The Hall–Kier alpha value is -4.36. The lowest BCUT2D eigenvalue weighted by Gasteiger charge is -2.35. The number of amides is 1. The van der Waals surface area contributed by atoms with Crippen molar-refractivity contribution in [1.29, 1.82) is 0 Å². The number of para-hydroxylation sites is 1. The van der Waals surface area contributed by atoms with Crippen LogP contribution in [0.15, 0.2) is 48.5 Å². The first-order valence-electron chi connectivity index (χ1n) is 18.5. The van der Waals surface area contributed by atoms with Crippen molar-refractivity contribution >= 4 is 32.9 Å². The summed E-state index contributed by atoms with van der Waals surface area (Å²) in [5.74, 6) is 1.07. The minimum atomic E-state index is -3.50. The zero-order valence-electron chi connectivity index (χ0n) is 29.7. The first kappa shape index (κ1) is 33.8.